The predicted molar refractivity (Wildman–Crippen MR) is 113 cm³/mol. The third kappa shape index (κ3) is 4.20. The second-order valence-corrected chi connectivity index (χ2v) is 8.91. The summed E-state index contributed by atoms with van der Waals surface area (Å²) in [5.74, 6) is 0.869. The van der Waals surface area contributed by atoms with Gasteiger partial charge >= 0.3 is 0 Å². The number of nitrogens with one attached hydrogen (secondary N) is 1. The van der Waals surface area contributed by atoms with Crippen molar-refractivity contribution >= 4 is 35.2 Å². The van der Waals surface area contributed by atoms with Crippen molar-refractivity contribution in [2.24, 2.45) is 5.92 Å². The van der Waals surface area contributed by atoms with Crippen molar-refractivity contribution in [1.82, 2.24) is 10.2 Å². The van der Waals surface area contributed by atoms with Crippen LogP contribution in [0.3, 0.4) is 0 Å². The molecule has 2 amide bonds. The van der Waals surface area contributed by atoms with Gasteiger partial charge < -0.3 is 10.2 Å². The summed E-state index contributed by atoms with van der Waals surface area (Å²) < 4.78 is 0. The zero-order chi connectivity index (χ0) is 19.5. The lowest BCUT2D eigenvalue weighted by Crippen LogP contribution is -2.46. The van der Waals surface area contributed by atoms with Gasteiger partial charge in [0.15, 0.2) is 0 Å². The zero-order valence-electron chi connectivity index (χ0n) is 15.6. The number of carbonyl (C=O) groups is 2. The van der Waals surface area contributed by atoms with Crippen LogP contribution in [0.1, 0.15) is 41.2 Å². The molecular formula is C22H23ClN2O2S. The van der Waals surface area contributed by atoms with E-state index in [-0.39, 0.29) is 23.8 Å². The van der Waals surface area contributed by atoms with Crippen LogP contribution in [-0.4, -0.2) is 35.6 Å². The number of fused-ring (bicyclic) bond motifs is 1. The Morgan fingerprint density at radius 1 is 1.07 bits per heavy atom. The van der Waals surface area contributed by atoms with Crippen molar-refractivity contribution in [1.29, 1.82) is 0 Å². The molecule has 1 saturated heterocycles. The topological polar surface area (TPSA) is 49.4 Å². The summed E-state index contributed by atoms with van der Waals surface area (Å²) in [5, 5.41) is 3.85. The SMILES string of the molecule is O=C(NC1CCSc2ccccc21)C1CCCN(C(=O)c2ccc(Cl)cc2)C1. The van der Waals surface area contributed by atoms with Crippen molar-refractivity contribution in [3.63, 3.8) is 0 Å². The summed E-state index contributed by atoms with van der Waals surface area (Å²) in [6.45, 7) is 1.16. The summed E-state index contributed by atoms with van der Waals surface area (Å²) >= 11 is 7.76. The lowest BCUT2D eigenvalue weighted by Gasteiger charge is -2.34. The highest BCUT2D eigenvalue weighted by atomic mass is 35.5. The normalized spacial score (nSPS) is 21.7. The van der Waals surface area contributed by atoms with E-state index in [0.29, 0.717) is 23.7 Å². The van der Waals surface area contributed by atoms with Gasteiger partial charge in [0.2, 0.25) is 5.91 Å². The number of hydrogen-bond acceptors (Lipinski definition) is 3. The van der Waals surface area contributed by atoms with Gasteiger partial charge in [0.05, 0.1) is 12.0 Å². The first-order chi connectivity index (χ1) is 13.6. The molecule has 2 heterocycles. The number of carbonyl (C=O) groups excluding carboxylic acids is 2. The van der Waals surface area contributed by atoms with E-state index >= 15 is 0 Å². The maximum atomic E-state index is 13.0. The van der Waals surface area contributed by atoms with Crippen molar-refractivity contribution in [3.05, 3.63) is 64.7 Å². The Hall–Kier alpha value is -1.98. The van der Waals surface area contributed by atoms with Crippen LogP contribution >= 0.6 is 23.4 Å². The average Bonchev–Trinajstić information content (AvgIpc) is 2.74. The summed E-state index contributed by atoms with van der Waals surface area (Å²) in [4.78, 5) is 28.8. The molecule has 0 radical (unpaired) electrons. The number of amides is 2. The quantitative estimate of drug-likeness (QED) is 0.801. The Labute approximate surface area is 174 Å². The highest BCUT2D eigenvalue weighted by Gasteiger charge is 2.31. The first-order valence-corrected chi connectivity index (χ1v) is 11.0. The van der Waals surface area contributed by atoms with Crippen LogP contribution < -0.4 is 5.32 Å². The number of nitrogens with zero attached hydrogens (tertiary/aromatic N) is 1. The van der Waals surface area contributed by atoms with E-state index in [1.54, 1.807) is 29.2 Å². The lowest BCUT2D eigenvalue weighted by molar-refractivity contribution is -0.127. The molecular weight excluding hydrogens is 392 g/mol. The molecule has 1 fully saturated rings. The monoisotopic (exact) mass is 414 g/mol. The number of piperidine rings is 1. The average molecular weight is 415 g/mol. The molecule has 146 valence electrons. The number of halogens is 1. The van der Waals surface area contributed by atoms with Gasteiger partial charge in [-0.3, -0.25) is 9.59 Å². The first kappa shape index (κ1) is 19.3. The molecule has 0 saturated carbocycles. The molecule has 2 atom stereocenters. The largest absolute Gasteiger partial charge is 0.349 e. The Kier molecular flexibility index (Phi) is 5.93. The van der Waals surface area contributed by atoms with Crippen LogP contribution in [0.25, 0.3) is 0 Å². The molecule has 2 aromatic rings. The Balaban J connectivity index is 1.41. The molecule has 2 unspecified atom stereocenters. The predicted octanol–water partition coefficient (Wildman–Crippen LogP) is 4.55. The number of likely N-dealkylation sites (tertiary alicyclic amines) is 1. The van der Waals surface area contributed by atoms with Gasteiger partial charge in [-0.1, -0.05) is 29.8 Å². The summed E-state index contributed by atoms with van der Waals surface area (Å²) in [6.07, 6.45) is 2.60. The fourth-order valence-corrected chi connectivity index (χ4v) is 5.18. The second kappa shape index (κ2) is 8.58. The van der Waals surface area contributed by atoms with E-state index in [4.69, 9.17) is 11.6 Å². The van der Waals surface area contributed by atoms with Gasteiger partial charge in [-0.2, -0.15) is 0 Å². The van der Waals surface area contributed by atoms with Crippen molar-refractivity contribution < 1.29 is 9.59 Å². The second-order valence-electron chi connectivity index (χ2n) is 7.33. The Morgan fingerprint density at radius 2 is 1.86 bits per heavy atom. The van der Waals surface area contributed by atoms with E-state index in [1.165, 1.54) is 10.5 Å². The highest BCUT2D eigenvalue weighted by Crippen LogP contribution is 2.36. The molecule has 6 heteroatoms. The minimum absolute atomic E-state index is 0.0337. The molecule has 2 aliphatic rings. The molecule has 4 rings (SSSR count). The van der Waals surface area contributed by atoms with Crippen LogP contribution in [0.5, 0.6) is 0 Å². The van der Waals surface area contributed by atoms with Gasteiger partial charge in [-0.25, -0.2) is 0 Å². The maximum Gasteiger partial charge on any atom is 0.253 e. The molecule has 4 nitrogen and oxygen atoms in total. The molecule has 2 aliphatic heterocycles. The molecule has 0 spiro atoms. The van der Waals surface area contributed by atoms with Gasteiger partial charge in [0.25, 0.3) is 5.91 Å². The number of benzene rings is 2. The van der Waals surface area contributed by atoms with Gasteiger partial charge in [-0.15, -0.1) is 11.8 Å². The van der Waals surface area contributed by atoms with E-state index in [0.717, 1.165) is 25.0 Å². The highest BCUT2D eigenvalue weighted by molar-refractivity contribution is 7.99. The van der Waals surface area contributed by atoms with E-state index in [2.05, 4.69) is 17.4 Å². The number of thioether (sulfide) groups is 1. The van der Waals surface area contributed by atoms with Crippen LogP contribution in [0.2, 0.25) is 5.02 Å². The number of rotatable bonds is 3. The molecule has 0 aliphatic carbocycles. The molecule has 28 heavy (non-hydrogen) atoms. The Bertz CT molecular complexity index is 871. The fourth-order valence-electron chi connectivity index (χ4n) is 3.93. The maximum absolute atomic E-state index is 13.0. The van der Waals surface area contributed by atoms with Gasteiger partial charge in [-0.05, 0) is 55.2 Å². The molecule has 1 N–H and O–H groups in total. The molecule has 2 aromatic carbocycles. The fraction of sp³-hybridized carbons (Fsp3) is 0.364. The summed E-state index contributed by atoms with van der Waals surface area (Å²) in [6, 6.07) is 15.3. The minimum Gasteiger partial charge on any atom is -0.349 e. The van der Waals surface area contributed by atoms with Crippen LogP contribution in [0, 0.1) is 5.92 Å². The van der Waals surface area contributed by atoms with Gasteiger partial charge in [0, 0.05) is 34.3 Å². The van der Waals surface area contributed by atoms with E-state index in [9.17, 15) is 9.59 Å². The standard InChI is InChI=1S/C22H23ClN2O2S/c23-17-9-7-15(8-10-17)22(27)25-12-3-4-16(14-25)21(26)24-19-11-13-28-20-6-2-1-5-18(19)20/h1-2,5-10,16,19H,3-4,11-14H2,(H,24,26). The summed E-state index contributed by atoms with van der Waals surface area (Å²) in [5.41, 5.74) is 1.82. The van der Waals surface area contributed by atoms with Crippen molar-refractivity contribution in [3.8, 4) is 0 Å². The van der Waals surface area contributed by atoms with Crippen LogP contribution in [0.4, 0.5) is 0 Å². The smallest absolute Gasteiger partial charge is 0.253 e. The third-order valence-electron chi connectivity index (χ3n) is 5.45. The van der Waals surface area contributed by atoms with Crippen LogP contribution in [0.15, 0.2) is 53.4 Å². The van der Waals surface area contributed by atoms with Gasteiger partial charge in [0.1, 0.15) is 0 Å². The first-order valence-electron chi connectivity index (χ1n) is 9.69. The Morgan fingerprint density at radius 3 is 2.68 bits per heavy atom. The third-order valence-corrected chi connectivity index (χ3v) is 6.82. The van der Waals surface area contributed by atoms with E-state index in [1.807, 2.05) is 23.9 Å². The van der Waals surface area contributed by atoms with Crippen molar-refractivity contribution in [2.45, 2.75) is 30.2 Å². The molecule has 0 bridgehead atoms. The minimum atomic E-state index is -0.160. The number of hydrogen-bond donors (Lipinski definition) is 1. The summed E-state index contributed by atoms with van der Waals surface area (Å²) in [7, 11) is 0. The van der Waals surface area contributed by atoms with Crippen molar-refractivity contribution in [2.75, 3.05) is 18.8 Å². The zero-order valence-corrected chi connectivity index (χ0v) is 17.1. The van der Waals surface area contributed by atoms with E-state index < -0.39 is 0 Å². The lowest BCUT2D eigenvalue weighted by atomic mass is 9.95. The molecule has 0 aromatic heterocycles. The van der Waals surface area contributed by atoms with Crippen LogP contribution in [-0.2, 0) is 4.79 Å².